The van der Waals surface area contributed by atoms with Gasteiger partial charge in [-0.2, -0.15) is 0 Å². The highest BCUT2D eigenvalue weighted by Crippen LogP contribution is 2.33. The van der Waals surface area contributed by atoms with Gasteiger partial charge in [0.25, 0.3) is 0 Å². The van der Waals surface area contributed by atoms with Gasteiger partial charge in [-0.05, 0) is 45.1 Å². The van der Waals surface area contributed by atoms with E-state index in [1.54, 1.807) is 0 Å². The molecule has 1 aliphatic carbocycles. The Labute approximate surface area is 108 Å². The molecule has 0 heterocycles. The summed E-state index contributed by atoms with van der Waals surface area (Å²) in [6.45, 7) is 7.60. The van der Waals surface area contributed by atoms with Crippen LogP contribution in [0.1, 0.15) is 59.3 Å². The fourth-order valence-corrected chi connectivity index (χ4v) is 3.40. The van der Waals surface area contributed by atoms with Crippen LogP contribution in [0.25, 0.3) is 0 Å². The highest BCUT2D eigenvalue weighted by molar-refractivity contribution is 4.86. The molecule has 4 unspecified atom stereocenters. The van der Waals surface area contributed by atoms with Gasteiger partial charge >= 0.3 is 0 Å². The standard InChI is InChI=1S/C15H31NO/c1-5-8-14(17-6-2)15(16-4)13-10-7-9-12(3)11-13/h12-16H,5-11H2,1-4H3. The van der Waals surface area contributed by atoms with Crippen molar-refractivity contribution < 1.29 is 4.74 Å². The minimum atomic E-state index is 0.408. The number of likely N-dealkylation sites (N-methyl/N-ethyl adjacent to an activating group) is 1. The van der Waals surface area contributed by atoms with Gasteiger partial charge in [-0.25, -0.2) is 0 Å². The highest BCUT2D eigenvalue weighted by atomic mass is 16.5. The van der Waals surface area contributed by atoms with Gasteiger partial charge in [-0.1, -0.05) is 33.1 Å². The lowest BCUT2D eigenvalue weighted by Gasteiger charge is -2.37. The van der Waals surface area contributed by atoms with Crippen LogP contribution in [0.5, 0.6) is 0 Å². The molecular formula is C15H31NO. The molecule has 102 valence electrons. The van der Waals surface area contributed by atoms with Crippen LogP contribution < -0.4 is 5.32 Å². The Balaban J connectivity index is 2.58. The van der Waals surface area contributed by atoms with Crippen LogP contribution in [-0.4, -0.2) is 25.8 Å². The second-order valence-electron chi connectivity index (χ2n) is 5.63. The molecule has 0 radical (unpaired) electrons. The van der Waals surface area contributed by atoms with Crippen molar-refractivity contribution in [3.8, 4) is 0 Å². The topological polar surface area (TPSA) is 21.3 Å². The molecule has 2 nitrogen and oxygen atoms in total. The third kappa shape index (κ3) is 4.59. The molecule has 0 aromatic rings. The summed E-state index contributed by atoms with van der Waals surface area (Å²) in [6.07, 6.45) is 8.37. The summed E-state index contributed by atoms with van der Waals surface area (Å²) in [4.78, 5) is 0. The SMILES string of the molecule is CCCC(OCC)C(NC)C1CCCC(C)C1. The maximum Gasteiger partial charge on any atom is 0.0730 e. The third-order valence-electron chi connectivity index (χ3n) is 4.17. The minimum absolute atomic E-state index is 0.408. The molecule has 1 saturated carbocycles. The summed E-state index contributed by atoms with van der Waals surface area (Å²) < 4.78 is 5.96. The first-order valence-electron chi connectivity index (χ1n) is 7.51. The molecule has 17 heavy (non-hydrogen) atoms. The van der Waals surface area contributed by atoms with Crippen LogP contribution in [-0.2, 0) is 4.74 Å². The van der Waals surface area contributed by atoms with E-state index < -0.39 is 0 Å². The van der Waals surface area contributed by atoms with E-state index in [1.807, 2.05) is 0 Å². The second-order valence-corrected chi connectivity index (χ2v) is 5.63. The highest BCUT2D eigenvalue weighted by Gasteiger charge is 2.31. The number of ether oxygens (including phenoxy) is 1. The van der Waals surface area contributed by atoms with E-state index in [4.69, 9.17) is 4.74 Å². The fourth-order valence-electron chi connectivity index (χ4n) is 3.40. The Hall–Kier alpha value is -0.0800. The zero-order chi connectivity index (χ0) is 12.7. The molecule has 1 rings (SSSR count). The van der Waals surface area contributed by atoms with Crippen LogP contribution in [0.4, 0.5) is 0 Å². The summed E-state index contributed by atoms with van der Waals surface area (Å²) in [5.74, 6) is 1.71. The van der Waals surface area contributed by atoms with Crippen LogP contribution in [0.3, 0.4) is 0 Å². The van der Waals surface area contributed by atoms with E-state index in [2.05, 4.69) is 33.1 Å². The molecule has 4 atom stereocenters. The largest absolute Gasteiger partial charge is 0.377 e. The predicted octanol–water partition coefficient (Wildman–Crippen LogP) is 3.61. The average molecular weight is 241 g/mol. The maximum absolute atomic E-state index is 5.96. The fraction of sp³-hybridized carbons (Fsp3) is 1.00. The van der Waals surface area contributed by atoms with Crippen molar-refractivity contribution in [1.29, 1.82) is 0 Å². The predicted molar refractivity (Wildman–Crippen MR) is 74.3 cm³/mol. The van der Waals surface area contributed by atoms with Gasteiger partial charge in [-0.15, -0.1) is 0 Å². The number of hydrogen-bond acceptors (Lipinski definition) is 2. The van der Waals surface area contributed by atoms with Crippen molar-refractivity contribution in [2.75, 3.05) is 13.7 Å². The second kappa shape index (κ2) is 8.10. The smallest absolute Gasteiger partial charge is 0.0730 e. The van der Waals surface area contributed by atoms with E-state index >= 15 is 0 Å². The van der Waals surface area contributed by atoms with Crippen molar-refractivity contribution in [3.05, 3.63) is 0 Å². The lowest BCUT2D eigenvalue weighted by Crippen LogP contribution is -2.46. The molecule has 0 aromatic heterocycles. The molecule has 0 bridgehead atoms. The summed E-state index contributed by atoms with van der Waals surface area (Å²) in [6, 6.07) is 0.553. The van der Waals surface area contributed by atoms with E-state index in [1.165, 1.54) is 38.5 Å². The number of rotatable bonds is 7. The van der Waals surface area contributed by atoms with Crippen LogP contribution in [0.2, 0.25) is 0 Å². The molecule has 1 fully saturated rings. The average Bonchev–Trinajstić information content (AvgIpc) is 2.31. The Morgan fingerprint density at radius 2 is 2.06 bits per heavy atom. The van der Waals surface area contributed by atoms with Crippen LogP contribution in [0.15, 0.2) is 0 Å². The van der Waals surface area contributed by atoms with Gasteiger partial charge in [0.2, 0.25) is 0 Å². The summed E-state index contributed by atoms with van der Waals surface area (Å²) in [5, 5.41) is 3.54. The van der Waals surface area contributed by atoms with Crippen molar-refractivity contribution in [2.45, 2.75) is 71.4 Å². The first-order valence-corrected chi connectivity index (χ1v) is 7.51. The molecule has 2 heteroatoms. The van der Waals surface area contributed by atoms with E-state index in [0.717, 1.165) is 18.4 Å². The van der Waals surface area contributed by atoms with Crippen molar-refractivity contribution in [1.82, 2.24) is 5.32 Å². The number of nitrogens with one attached hydrogen (secondary N) is 1. The molecule has 0 aromatic carbocycles. The third-order valence-corrected chi connectivity index (χ3v) is 4.17. The van der Waals surface area contributed by atoms with Crippen LogP contribution >= 0.6 is 0 Å². The summed E-state index contributed by atoms with van der Waals surface area (Å²) in [5.41, 5.74) is 0. The zero-order valence-corrected chi connectivity index (χ0v) is 12.2. The van der Waals surface area contributed by atoms with Gasteiger partial charge < -0.3 is 10.1 Å². The molecule has 0 amide bonds. The van der Waals surface area contributed by atoms with E-state index in [0.29, 0.717) is 12.1 Å². The Kier molecular flexibility index (Phi) is 7.14. The first-order chi connectivity index (χ1) is 8.22. The quantitative estimate of drug-likeness (QED) is 0.735. The van der Waals surface area contributed by atoms with Crippen LogP contribution in [0, 0.1) is 11.8 Å². The number of hydrogen-bond donors (Lipinski definition) is 1. The summed E-state index contributed by atoms with van der Waals surface area (Å²) in [7, 11) is 2.10. The Morgan fingerprint density at radius 1 is 1.29 bits per heavy atom. The van der Waals surface area contributed by atoms with Crippen molar-refractivity contribution in [3.63, 3.8) is 0 Å². The van der Waals surface area contributed by atoms with Gasteiger partial charge in [0.1, 0.15) is 0 Å². The van der Waals surface area contributed by atoms with Gasteiger partial charge in [0.15, 0.2) is 0 Å². The lowest BCUT2D eigenvalue weighted by atomic mass is 9.76. The van der Waals surface area contributed by atoms with E-state index in [9.17, 15) is 0 Å². The molecule has 0 saturated heterocycles. The summed E-state index contributed by atoms with van der Waals surface area (Å²) >= 11 is 0. The molecule has 1 aliphatic rings. The zero-order valence-electron chi connectivity index (χ0n) is 12.2. The Morgan fingerprint density at radius 3 is 2.59 bits per heavy atom. The van der Waals surface area contributed by atoms with Gasteiger partial charge in [0, 0.05) is 12.6 Å². The molecule has 0 aliphatic heterocycles. The normalized spacial score (nSPS) is 28.9. The van der Waals surface area contributed by atoms with E-state index in [-0.39, 0.29) is 0 Å². The first kappa shape index (κ1) is 15.0. The van der Waals surface area contributed by atoms with Crippen molar-refractivity contribution in [2.24, 2.45) is 11.8 Å². The molecular weight excluding hydrogens is 210 g/mol. The Bertz CT molecular complexity index is 185. The maximum atomic E-state index is 5.96. The van der Waals surface area contributed by atoms with Gasteiger partial charge in [-0.3, -0.25) is 0 Å². The minimum Gasteiger partial charge on any atom is -0.377 e. The van der Waals surface area contributed by atoms with Crippen molar-refractivity contribution >= 4 is 0 Å². The molecule has 0 spiro atoms. The monoisotopic (exact) mass is 241 g/mol. The molecule has 1 N–H and O–H groups in total. The van der Waals surface area contributed by atoms with Gasteiger partial charge in [0.05, 0.1) is 6.10 Å². The lowest BCUT2D eigenvalue weighted by molar-refractivity contribution is 0.00503.